The summed E-state index contributed by atoms with van der Waals surface area (Å²) < 4.78 is 0. The zero-order chi connectivity index (χ0) is 12.3. The van der Waals surface area contributed by atoms with Crippen molar-refractivity contribution in [3.63, 3.8) is 0 Å². The van der Waals surface area contributed by atoms with Crippen LogP contribution in [0.25, 0.3) is 0 Å². The molecule has 0 radical (unpaired) electrons. The van der Waals surface area contributed by atoms with Gasteiger partial charge in [0.15, 0.2) is 5.82 Å². The minimum Gasteiger partial charge on any atom is -0.508 e. The number of hydrogen-bond acceptors (Lipinski definition) is 6. The zero-order valence-corrected chi connectivity index (χ0v) is 8.91. The number of phenolic OH excluding ortho intramolecular Hbond substituents is 1. The van der Waals surface area contributed by atoms with Crippen molar-refractivity contribution in [3.05, 3.63) is 36.0 Å². The lowest BCUT2D eigenvalue weighted by atomic mass is 10.2. The third kappa shape index (κ3) is 2.69. The van der Waals surface area contributed by atoms with Crippen molar-refractivity contribution in [1.29, 1.82) is 0 Å². The molecule has 1 heterocycles. The first-order valence-corrected chi connectivity index (χ1v) is 4.86. The Hall–Kier alpha value is -2.63. The van der Waals surface area contributed by atoms with Crippen molar-refractivity contribution in [3.8, 4) is 5.75 Å². The van der Waals surface area contributed by atoms with Gasteiger partial charge in [0, 0.05) is 6.21 Å². The van der Waals surface area contributed by atoms with Gasteiger partial charge in [-0.25, -0.2) is 4.98 Å². The summed E-state index contributed by atoms with van der Waals surface area (Å²) in [5, 5.41) is 9.12. The van der Waals surface area contributed by atoms with Crippen LogP contribution in [0.15, 0.2) is 35.5 Å². The number of rotatable bonds is 2. The van der Waals surface area contributed by atoms with E-state index in [0.717, 1.165) is 5.56 Å². The van der Waals surface area contributed by atoms with Gasteiger partial charge in [-0.05, 0) is 29.8 Å². The minimum absolute atomic E-state index is 0.117. The number of phenols is 1. The molecule has 1 aromatic carbocycles. The summed E-state index contributed by atoms with van der Waals surface area (Å²) in [6.45, 7) is 0. The molecule has 0 fully saturated rings. The van der Waals surface area contributed by atoms with E-state index in [4.69, 9.17) is 16.6 Å². The van der Waals surface area contributed by atoms with Gasteiger partial charge in [0.25, 0.3) is 0 Å². The molecule has 86 valence electrons. The van der Waals surface area contributed by atoms with Crippen molar-refractivity contribution < 1.29 is 5.11 Å². The van der Waals surface area contributed by atoms with Gasteiger partial charge in [-0.3, -0.25) is 4.99 Å². The van der Waals surface area contributed by atoms with Crippen LogP contribution in [0.3, 0.4) is 0 Å². The monoisotopic (exact) mass is 229 g/mol. The summed E-state index contributed by atoms with van der Waals surface area (Å²) in [5.74, 6) is 0.552. The maximum absolute atomic E-state index is 9.12. The fourth-order valence-corrected chi connectivity index (χ4v) is 1.21. The van der Waals surface area contributed by atoms with Crippen LogP contribution in [0.4, 0.5) is 17.5 Å². The third-order valence-corrected chi connectivity index (χ3v) is 2.06. The number of nitrogens with two attached hydrogens (primary N) is 2. The van der Waals surface area contributed by atoms with E-state index >= 15 is 0 Å². The van der Waals surface area contributed by atoms with Gasteiger partial charge in [-0.1, -0.05) is 0 Å². The molecule has 6 nitrogen and oxygen atoms in total. The molecule has 0 saturated heterocycles. The van der Waals surface area contributed by atoms with Gasteiger partial charge < -0.3 is 16.6 Å². The average molecular weight is 229 g/mol. The highest BCUT2D eigenvalue weighted by Gasteiger charge is 1.99. The molecule has 1 aromatic heterocycles. The van der Waals surface area contributed by atoms with E-state index < -0.39 is 0 Å². The third-order valence-electron chi connectivity index (χ3n) is 2.06. The first kappa shape index (κ1) is 10.9. The number of anilines is 2. The van der Waals surface area contributed by atoms with Gasteiger partial charge in [0.1, 0.15) is 11.4 Å². The Balaban J connectivity index is 2.23. The number of hydrogen-bond donors (Lipinski definition) is 3. The van der Waals surface area contributed by atoms with Crippen molar-refractivity contribution in [2.45, 2.75) is 0 Å². The number of benzene rings is 1. The predicted molar refractivity (Wildman–Crippen MR) is 66.2 cm³/mol. The first-order chi connectivity index (χ1) is 8.15. The van der Waals surface area contributed by atoms with Crippen LogP contribution < -0.4 is 11.5 Å². The van der Waals surface area contributed by atoms with Crippen molar-refractivity contribution in [2.75, 3.05) is 11.5 Å². The fourth-order valence-electron chi connectivity index (χ4n) is 1.21. The topological polar surface area (TPSA) is 110 Å². The van der Waals surface area contributed by atoms with Crippen molar-refractivity contribution >= 4 is 23.7 Å². The van der Waals surface area contributed by atoms with E-state index in [2.05, 4.69) is 15.0 Å². The highest BCUT2D eigenvalue weighted by Crippen LogP contribution is 2.18. The first-order valence-electron chi connectivity index (χ1n) is 4.86. The second kappa shape index (κ2) is 4.48. The summed E-state index contributed by atoms with van der Waals surface area (Å²) in [6, 6.07) is 6.61. The Morgan fingerprint density at radius 3 is 2.53 bits per heavy atom. The molecule has 0 amide bonds. The van der Waals surface area contributed by atoms with E-state index in [9.17, 15) is 0 Å². The molecule has 5 N–H and O–H groups in total. The SMILES string of the molecule is Nc1ncc(N=Cc2ccc(O)cc2)c(N)n1. The van der Waals surface area contributed by atoms with Gasteiger partial charge >= 0.3 is 0 Å². The summed E-state index contributed by atoms with van der Waals surface area (Å²) in [5.41, 5.74) is 12.3. The van der Waals surface area contributed by atoms with Gasteiger partial charge in [-0.2, -0.15) is 4.98 Å². The molecule has 0 aliphatic carbocycles. The Bertz CT molecular complexity index is 550. The summed E-state index contributed by atoms with van der Waals surface area (Å²) in [4.78, 5) is 11.7. The Labute approximate surface area is 97.7 Å². The molecular formula is C11H11N5O. The molecule has 2 rings (SSSR count). The van der Waals surface area contributed by atoms with Crippen LogP contribution in [0.1, 0.15) is 5.56 Å². The number of nitrogen functional groups attached to an aromatic ring is 2. The predicted octanol–water partition coefficient (Wildman–Crippen LogP) is 1.10. The van der Waals surface area contributed by atoms with Gasteiger partial charge in [-0.15, -0.1) is 0 Å². The van der Waals surface area contributed by atoms with Crippen LogP contribution in [0, 0.1) is 0 Å². The van der Waals surface area contributed by atoms with Crippen LogP contribution in [-0.4, -0.2) is 21.3 Å². The van der Waals surface area contributed by atoms with Gasteiger partial charge in [0.2, 0.25) is 5.95 Å². The Morgan fingerprint density at radius 1 is 1.18 bits per heavy atom. The second-order valence-electron chi connectivity index (χ2n) is 3.35. The van der Waals surface area contributed by atoms with Gasteiger partial charge in [0.05, 0.1) is 6.20 Å². The van der Waals surface area contributed by atoms with Crippen LogP contribution >= 0.6 is 0 Å². The quantitative estimate of drug-likeness (QED) is 0.668. The molecule has 2 aromatic rings. The van der Waals surface area contributed by atoms with E-state index in [1.807, 2.05) is 0 Å². The lowest BCUT2D eigenvalue weighted by Crippen LogP contribution is -1.98. The molecule has 0 spiro atoms. The van der Waals surface area contributed by atoms with E-state index in [-0.39, 0.29) is 17.5 Å². The molecule has 0 saturated carbocycles. The Kier molecular flexibility index (Phi) is 2.87. The molecule has 0 aliphatic heterocycles. The number of aromatic nitrogens is 2. The molecule has 0 bridgehead atoms. The number of aliphatic imine (C=N–C) groups is 1. The molecular weight excluding hydrogens is 218 g/mol. The van der Waals surface area contributed by atoms with Crippen molar-refractivity contribution in [1.82, 2.24) is 9.97 Å². The molecule has 0 aliphatic rings. The fraction of sp³-hybridized carbons (Fsp3) is 0. The van der Waals surface area contributed by atoms with Crippen molar-refractivity contribution in [2.24, 2.45) is 4.99 Å². The molecule has 17 heavy (non-hydrogen) atoms. The average Bonchev–Trinajstić information content (AvgIpc) is 2.30. The van der Waals surface area contributed by atoms with E-state index in [1.165, 1.54) is 6.20 Å². The maximum Gasteiger partial charge on any atom is 0.222 e. The molecule has 0 unspecified atom stereocenters. The van der Waals surface area contributed by atoms with Crippen LogP contribution in [0.2, 0.25) is 0 Å². The standard InChI is InChI=1S/C11H11N5O/c12-10-9(6-15-11(13)16-10)14-5-7-1-3-8(17)4-2-7/h1-6,17H,(H4,12,13,15,16). The number of aromatic hydroxyl groups is 1. The minimum atomic E-state index is 0.117. The lowest BCUT2D eigenvalue weighted by molar-refractivity contribution is 0.475. The zero-order valence-electron chi connectivity index (χ0n) is 8.91. The molecule has 6 heteroatoms. The lowest BCUT2D eigenvalue weighted by Gasteiger charge is -1.99. The summed E-state index contributed by atoms with van der Waals surface area (Å²) in [6.07, 6.45) is 3.05. The Morgan fingerprint density at radius 2 is 1.88 bits per heavy atom. The van der Waals surface area contributed by atoms with Crippen LogP contribution in [-0.2, 0) is 0 Å². The largest absolute Gasteiger partial charge is 0.508 e. The van der Waals surface area contributed by atoms with E-state index in [0.29, 0.717) is 5.69 Å². The second-order valence-corrected chi connectivity index (χ2v) is 3.35. The number of nitrogens with zero attached hydrogens (tertiary/aromatic N) is 3. The summed E-state index contributed by atoms with van der Waals surface area (Å²) in [7, 11) is 0. The summed E-state index contributed by atoms with van der Waals surface area (Å²) >= 11 is 0. The highest BCUT2D eigenvalue weighted by atomic mass is 16.3. The molecule has 0 atom stereocenters. The highest BCUT2D eigenvalue weighted by molar-refractivity contribution is 5.83. The smallest absolute Gasteiger partial charge is 0.222 e. The maximum atomic E-state index is 9.12. The van der Waals surface area contributed by atoms with E-state index in [1.54, 1.807) is 30.5 Å². The normalized spacial score (nSPS) is 10.8. The van der Waals surface area contributed by atoms with Crippen LogP contribution in [0.5, 0.6) is 5.75 Å².